The number of carboxylic acid groups (broad SMARTS) is 1. The average molecular weight is 181 g/mol. The Hall–Kier alpha value is -1.03. The van der Waals surface area contributed by atoms with E-state index in [1.165, 1.54) is 11.9 Å². The molecule has 1 aliphatic heterocycles. The average Bonchev–Trinajstić information content (AvgIpc) is 2.49. The number of nitrogens with zero attached hydrogens (tertiary/aromatic N) is 1. The number of rotatable bonds is 1. The second kappa shape index (κ2) is 2.79. The lowest BCUT2D eigenvalue weighted by Crippen LogP contribution is -2.15. The molecule has 2 aliphatic rings. The highest BCUT2D eigenvalue weighted by molar-refractivity contribution is 7.99. The van der Waals surface area contributed by atoms with Crippen molar-refractivity contribution >= 4 is 24.1 Å². The van der Waals surface area contributed by atoms with Gasteiger partial charge in [0.15, 0.2) is 0 Å². The molecule has 12 heavy (non-hydrogen) atoms. The largest absolute Gasteiger partial charge is 0.478 e. The van der Waals surface area contributed by atoms with Crippen molar-refractivity contribution < 1.29 is 9.90 Å². The van der Waals surface area contributed by atoms with Gasteiger partial charge in [0.1, 0.15) is 0 Å². The van der Waals surface area contributed by atoms with Crippen LogP contribution in [0.4, 0.5) is 0 Å². The second-order valence-electron chi connectivity index (χ2n) is 2.69. The predicted octanol–water partition coefficient (Wildman–Crippen LogP) is 1.28. The van der Waals surface area contributed by atoms with E-state index in [4.69, 9.17) is 5.11 Å². The van der Waals surface area contributed by atoms with Crippen LogP contribution in [0.25, 0.3) is 0 Å². The Kier molecular flexibility index (Phi) is 1.77. The van der Waals surface area contributed by atoms with Crippen LogP contribution in [-0.2, 0) is 4.79 Å². The highest BCUT2D eigenvalue weighted by Gasteiger charge is 2.25. The zero-order chi connectivity index (χ0) is 8.55. The summed E-state index contributed by atoms with van der Waals surface area (Å²) in [5.41, 5.74) is 0.370. The fourth-order valence-corrected chi connectivity index (χ4v) is 2.08. The van der Waals surface area contributed by atoms with Gasteiger partial charge in [-0.1, -0.05) is 18.2 Å². The lowest BCUT2D eigenvalue weighted by atomic mass is 9.97. The molecular weight excluding hydrogens is 174 g/mol. The van der Waals surface area contributed by atoms with Crippen LogP contribution in [-0.4, -0.2) is 22.5 Å². The lowest BCUT2D eigenvalue weighted by molar-refractivity contribution is -0.132. The third-order valence-corrected chi connectivity index (χ3v) is 2.82. The molecule has 2 unspecified atom stereocenters. The van der Waals surface area contributed by atoms with Gasteiger partial charge in [-0.15, -0.1) is 0 Å². The minimum absolute atomic E-state index is 0.195. The molecule has 0 saturated heterocycles. The molecule has 0 aromatic rings. The number of hydrogen-bond acceptors (Lipinski definition) is 3. The normalized spacial score (nSPS) is 31.5. The first-order valence-corrected chi connectivity index (χ1v) is 4.43. The van der Waals surface area contributed by atoms with Crippen LogP contribution in [0.15, 0.2) is 28.2 Å². The van der Waals surface area contributed by atoms with E-state index in [1.807, 2.05) is 12.3 Å². The molecule has 0 aromatic heterocycles. The summed E-state index contributed by atoms with van der Waals surface area (Å²) >= 11 is 1.43. The van der Waals surface area contributed by atoms with Crippen molar-refractivity contribution in [1.29, 1.82) is 0 Å². The summed E-state index contributed by atoms with van der Waals surface area (Å²) in [6.45, 7) is 0. The Labute approximate surface area is 74.0 Å². The van der Waals surface area contributed by atoms with Crippen molar-refractivity contribution in [3.8, 4) is 0 Å². The van der Waals surface area contributed by atoms with Crippen LogP contribution in [0, 0.1) is 5.92 Å². The summed E-state index contributed by atoms with van der Waals surface area (Å²) in [6.07, 6.45) is 7.13. The molecule has 2 atom stereocenters. The Morgan fingerprint density at radius 2 is 2.50 bits per heavy atom. The van der Waals surface area contributed by atoms with Gasteiger partial charge >= 0.3 is 5.97 Å². The minimum Gasteiger partial charge on any atom is -0.478 e. The summed E-state index contributed by atoms with van der Waals surface area (Å²) in [5, 5.41) is 8.88. The Morgan fingerprint density at radius 1 is 1.67 bits per heavy atom. The number of carboxylic acids is 1. The van der Waals surface area contributed by atoms with Crippen molar-refractivity contribution in [1.82, 2.24) is 0 Å². The summed E-state index contributed by atoms with van der Waals surface area (Å²) in [6, 6.07) is 0. The monoisotopic (exact) mass is 181 g/mol. The standard InChI is InChI=1S/C8H7NO2S/c10-8(11)5-1-2-6-4-9-12-7(6)3-5/h1-4,6-7H,(H,10,11). The smallest absolute Gasteiger partial charge is 0.335 e. The molecule has 4 heteroatoms. The Morgan fingerprint density at radius 3 is 3.25 bits per heavy atom. The zero-order valence-corrected chi connectivity index (χ0v) is 6.99. The molecule has 62 valence electrons. The van der Waals surface area contributed by atoms with Gasteiger partial charge in [-0.05, 0) is 11.9 Å². The first-order valence-electron chi connectivity index (χ1n) is 3.60. The fourth-order valence-electron chi connectivity index (χ4n) is 1.22. The Bertz CT molecular complexity index is 306. The second-order valence-corrected chi connectivity index (χ2v) is 3.65. The minimum atomic E-state index is -0.864. The van der Waals surface area contributed by atoms with Crippen LogP contribution in [0.3, 0.4) is 0 Å². The molecule has 1 N–H and O–H groups in total. The van der Waals surface area contributed by atoms with E-state index in [9.17, 15) is 4.79 Å². The van der Waals surface area contributed by atoms with Gasteiger partial charge in [-0.25, -0.2) is 9.19 Å². The SMILES string of the molecule is O=C(O)C1=CC2SN=CC2C=C1. The van der Waals surface area contributed by atoms with Crippen LogP contribution in [0.1, 0.15) is 0 Å². The molecule has 0 aromatic carbocycles. The number of aliphatic carboxylic acids is 1. The quantitative estimate of drug-likeness (QED) is 0.620. The van der Waals surface area contributed by atoms with E-state index in [1.54, 1.807) is 12.2 Å². The van der Waals surface area contributed by atoms with E-state index in [2.05, 4.69) is 4.40 Å². The first kappa shape index (κ1) is 7.61. The third-order valence-electron chi connectivity index (χ3n) is 1.88. The van der Waals surface area contributed by atoms with Gasteiger partial charge in [0.2, 0.25) is 0 Å². The molecule has 0 saturated carbocycles. The van der Waals surface area contributed by atoms with Gasteiger partial charge < -0.3 is 5.11 Å². The summed E-state index contributed by atoms with van der Waals surface area (Å²) < 4.78 is 4.02. The van der Waals surface area contributed by atoms with E-state index in [0.29, 0.717) is 5.57 Å². The van der Waals surface area contributed by atoms with E-state index in [0.717, 1.165) is 0 Å². The molecule has 1 heterocycles. The fraction of sp³-hybridized carbons (Fsp3) is 0.250. The number of allylic oxidation sites excluding steroid dienone is 1. The van der Waals surface area contributed by atoms with Gasteiger partial charge in [-0.2, -0.15) is 0 Å². The molecule has 0 amide bonds. The molecular formula is C8H7NO2S. The van der Waals surface area contributed by atoms with Gasteiger partial charge in [0.05, 0.1) is 10.8 Å². The van der Waals surface area contributed by atoms with Crippen LogP contribution in [0.5, 0.6) is 0 Å². The van der Waals surface area contributed by atoms with Crippen LogP contribution < -0.4 is 0 Å². The highest BCUT2D eigenvalue weighted by atomic mass is 32.2. The van der Waals surface area contributed by atoms with Crippen molar-refractivity contribution in [2.45, 2.75) is 5.25 Å². The van der Waals surface area contributed by atoms with E-state index in [-0.39, 0.29) is 11.2 Å². The van der Waals surface area contributed by atoms with Crippen LogP contribution >= 0.6 is 11.9 Å². The zero-order valence-electron chi connectivity index (χ0n) is 6.18. The molecule has 3 nitrogen and oxygen atoms in total. The van der Waals surface area contributed by atoms with E-state index < -0.39 is 5.97 Å². The maximum atomic E-state index is 10.6. The maximum Gasteiger partial charge on any atom is 0.335 e. The van der Waals surface area contributed by atoms with Crippen LogP contribution in [0.2, 0.25) is 0 Å². The lowest BCUT2D eigenvalue weighted by Gasteiger charge is -2.13. The van der Waals surface area contributed by atoms with Gasteiger partial charge in [0, 0.05) is 12.1 Å². The summed E-state index contributed by atoms with van der Waals surface area (Å²) in [7, 11) is 0. The van der Waals surface area contributed by atoms with Gasteiger partial charge in [0.25, 0.3) is 0 Å². The molecule has 0 radical (unpaired) electrons. The molecule has 0 fully saturated rings. The highest BCUT2D eigenvalue weighted by Crippen LogP contribution is 2.32. The van der Waals surface area contributed by atoms with Gasteiger partial charge in [-0.3, -0.25) is 0 Å². The molecule has 0 bridgehead atoms. The summed E-state index contributed by atoms with van der Waals surface area (Å²) in [4.78, 5) is 10.6. The predicted molar refractivity (Wildman–Crippen MR) is 48.2 cm³/mol. The maximum absolute atomic E-state index is 10.6. The molecule has 2 rings (SSSR count). The van der Waals surface area contributed by atoms with Crippen molar-refractivity contribution in [2.24, 2.45) is 10.3 Å². The summed E-state index contributed by atoms with van der Waals surface area (Å²) in [5.74, 6) is -0.574. The topological polar surface area (TPSA) is 49.7 Å². The Balaban J connectivity index is 2.23. The number of hydrogen-bond donors (Lipinski definition) is 1. The number of carbonyl (C=O) groups is 1. The van der Waals surface area contributed by atoms with Crippen molar-refractivity contribution in [3.05, 3.63) is 23.8 Å². The third kappa shape index (κ3) is 1.18. The van der Waals surface area contributed by atoms with Crippen molar-refractivity contribution in [2.75, 3.05) is 0 Å². The first-order chi connectivity index (χ1) is 5.77. The van der Waals surface area contributed by atoms with E-state index >= 15 is 0 Å². The number of fused-ring (bicyclic) bond motifs is 1. The molecule has 1 aliphatic carbocycles. The van der Waals surface area contributed by atoms with Crippen molar-refractivity contribution in [3.63, 3.8) is 0 Å². The molecule has 0 spiro atoms.